The van der Waals surface area contributed by atoms with Crippen LogP contribution in [0.15, 0.2) is 18.2 Å². The van der Waals surface area contributed by atoms with Crippen LogP contribution in [-0.4, -0.2) is 33.4 Å². The molecule has 2 aromatic rings. The molecule has 1 atom stereocenters. The molecule has 4 nitrogen and oxygen atoms in total. The highest BCUT2D eigenvalue weighted by Gasteiger charge is 2.37. The number of likely N-dealkylation sites (tertiary alicyclic amines) is 1. The van der Waals surface area contributed by atoms with E-state index in [1.807, 2.05) is 0 Å². The van der Waals surface area contributed by atoms with Crippen LogP contribution in [-0.2, 0) is 4.79 Å². The molecule has 4 rings (SSSR count). The van der Waals surface area contributed by atoms with Crippen LogP contribution in [0.2, 0.25) is 0 Å². The van der Waals surface area contributed by atoms with Gasteiger partial charge in [-0.2, -0.15) is 0 Å². The summed E-state index contributed by atoms with van der Waals surface area (Å²) in [6.07, 6.45) is 5.45. The summed E-state index contributed by atoms with van der Waals surface area (Å²) in [6.45, 7) is 7.15. The Morgan fingerprint density at radius 2 is 1.92 bits per heavy atom. The van der Waals surface area contributed by atoms with Gasteiger partial charge in [0.05, 0.1) is 5.69 Å². The van der Waals surface area contributed by atoms with Crippen molar-refractivity contribution in [3.05, 3.63) is 40.8 Å². The lowest BCUT2D eigenvalue weighted by Gasteiger charge is -2.23. The second-order valence-electron chi connectivity index (χ2n) is 7.80. The number of rotatable bonds is 3. The van der Waals surface area contributed by atoms with E-state index >= 15 is 0 Å². The van der Waals surface area contributed by atoms with E-state index in [0.29, 0.717) is 18.4 Å². The Morgan fingerprint density at radius 3 is 2.68 bits per heavy atom. The molecular weight excluding hydrogens is 310 g/mol. The summed E-state index contributed by atoms with van der Waals surface area (Å²) >= 11 is 0. The van der Waals surface area contributed by atoms with Gasteiger partial charge in [-0.05, 0) is 45.2 Å². The third kappa shape index (κ3) is 2.99. The topological polar surface area (TPSA) is 49.0 Å². The number of aryl methyl sites for hydroxylation is 3. The molecule has 0 radical (unpaired) electrons. The van der Waals surface area contributed by atoms with Gasteiger partial charge in [0.25, 0.3) is 0 Å². The van der Waals surface area contributed by atoms with Gasteiger partial charge in [-0.3, -0.25) is 4.79 Å². The van der Waals surface area contributed by atoms with Crippen LogP contribution in [0.25, 0.3) is 11.3 Å². The van der Waals surface area contributed by atoms with E-state index in [1.165, 1.54) is 42.4 Å². The van der Waals surface area contributed by atoms with E-state index in [4.69, 9.17) is 4.98 Å². The second-order valence-corrected chi connectivity index (χ2v) is 7.80. The van der Waals surface area contributed by atoms with Crippen LogP contribution in [0.1, 0.15) is 60.7 Å². The molecule has 2 heterocycles. The molecule has 0 spiro atoms. The van der Waals surface area contributed by atoms with Crippen molar-refractivity contribution in [2.45, 2.75) is 64.8 Å². The van der Waals surface area contributed by atoms with Crippen molar-refractivity contribution in [1.82, 2.24) is 14.9 Å². The summed E-state index contributed by atoms with van der Waals surface area (Å²) < 4.78 is 0. The Morgan fingerprint density at radius 1 is 1.16 bits per heavy atom. The maximum Gasteiger partial charge on any atom is 0.223 e. The van der Waals surface area contributed by atoms with Crippen LogP contribution >= 0.6 is 0 Å². The van der Waals surface area contributed by atoms with Crippen LogP contribution in [0.3, 0.4) is 0 Å². The average molecular weight is 337 g/mol. The third-order valence-corrected chi connectivity index (χ3v) is 5.86. The van der Waals surface area contributed by atoms with E-state index in [1.54, 1.807) is 0 Å². The smallest absolute Gasteiger partial charge is 0.223 e. The first kappa shape index (κ1) is 16.4. The zero-order chi connectivity index (χ0) is 17.6. The first-order valence-electron chi connectivity index (χ1n) is 9.46. The third-order valence-electron chi connectivity index (χ3n) is 5.86. The average Bonchev–Trinajstić information content (AvgIpc) is 3.29. The van der Waals surface area contributed by atoms with E-state index in [0.717, 1.165) is 23.8 Å². The number of carbonyl (C=O) groups excluding carboxylic acids is 1. The molecule has 1 amide bonds. The van der Waals surface area contributed by atoms with Gasteiger partial charge >= 0.3 is 0 Å². The SMILES string of the molecule is Cc1ccc(C)c(-c2nc([C@H]3CC(=O)N(C4CCCC4)C3)[nH]c2C)c1. The Bertz CT molecular complexity index is 801. The zero-order valence-electron chi connectivity index (χ0n) is 15.4. The maximum absolute atomic E-state index is 12.5. The first-order chi connectivity index (χ1) is 12.0. The van der Waals surface area contributed by atoms with Gasteiger partial charge < -0.3 is 9.88 Å². The van der Waals surface area contributed by atoms with Crippen molar-refractivity contribution < 1.29 is 4.79 Å². The summed E-state index contributed by atoms with van der Waals surface area (Å²) in [5.74, 6) is 1.48. The summed E-state index contributed by atoms with van der Waals surface area (Å²) in [7, 11) is 0. The van der Waals surface area contributed by atoms with Gasteiger partial charge in [-0.25, -0.2) is 4.98 Å². The predicted molar refractivity (Wildman–Crippen MR) is 99.6 cm³/mol. The van der Waals surface area contributed by atoms with Crippen LogP contribution in [0.5, 0.6) is 0 Å². The summed E-state index contributed by atoms with van der Waals surface area (Å²) in [4.78, 5) is 23.0. The van der Waals surface area contributed by atoms with Gasteiger partial charge in [0, 0.05) is 36.2 Å². The summed E-state index contributed by atoms with van der Waals surface area (Å²) in [6, 6.07) is 6.95. The van der Waals surface area contributed by atoms with Crippen LogP contribution in [0, 0.1) is 20.8 Å². The normalized spacial score (nSPS) is 21.5. The molecule has 0 unspecified atom stereocenters. The highest BCUT2D eigenvalue weighted by atomic mass is 16.2. The largest absolute Gasteiger partial charge is 0.345 e. The molecule has 1 aromatic heterocycles. The van der Waals surface area contributed by atoms with E-state index in [2.05, 4.69) is 48.9 Å². The Kier molecular flexibility index (Phi) is 4.14. The first-order valence-corrected chi connectivity index (χ1v) is 9.46. The minimum atomic E-state index is 0.200. The number of nitrogens with one attached hydrogen (secondary N) is 1. The maximum atomic E-state index is 12.5. The molecule has 1 N–H and O–H groups in total. The van der Waals surface area contributed by atoms with E-state index in [9.17, 15) is 4.79 Å². The molecule has 1 aliphatic carbocycles. The molecule has 2 fully saturated rings. The van der Waals surface area contributed by atoms with Gasteiger partial charge in [0.1, 0.15) is 5.82 Å². The molecule has 1 aliphatic heterocycles. The number of hydrogen-bond acceptors (Lipinski definition) is 2. The molecule has 25 heavy (non-hydrogen) atoms. The van der Waals surface area contributed by atoms with Gasteiger partial charge in [-0.1, -0.05) is 30.5 Å². The quantitative estimate of drug-likeness (QED) is 0.910. The lowest BCUT2D eigenvalue weighted by atomic mass is 10.0. The number of H-pyrrole nitrogens is 1. The lowest BCUT2D eigenvalue weighted by Crippen LogP contribution is -2.34. The van der Waals surface area contributed by atoms with Crippen molar-refractivity contribution in [1.29, 1.82) is 0 Å². The Labute approximate surface area is 149 Å². The summed E-state index contributed by atoms with van der Waals surface area (Å²) in [5.41, 5.74) is 5.80. The van der Waals surface area contributed by atoms with E-state index < -0.39 is 0 Å². The number of imidazole rings is 1. The Hall–Kier alpha value is -2.10. The number of aromatic amines is 1. The highest BCUT2D eigenvalue weighted by molar-refractivity contribution is 5.80. The van der Waals surface area contributed by atoms with Crippen LogP contribution < -0.4 is 0 Å². The molecule has 132 valence electrons. The lowest BCUT2D eigenvalue weighted by molar-refractivity contribution is -0.129. The van der Waals surface area contributed by atoms with E-state index in [-0.39, 0.29) is 5.92 Å². The molecule has 4 heteroatoms. The standard InChI is InChI=1S/C21H27N3O/c1-13-8-9-14(2)18(10-13)20-15(3)22-21(23-20)16-11-19(25)24(12-16)17-6-4-5-7-17/h8-10,16-17H,4-7,11-12H2,1-3H3,(H,22,23)/t16-/m0/s1. The second kappa shape index (κ2) is 6.32. The van der Waals surface area contributed by atoms with Crippen molar-refractivity contribution in [3.8, 4) is 11.3 Å². The fourth-order valence-corrected chi connectivity index (χ4v) is 4.41. The molecule has 1 saturated heterocycles. The minimum absolute atomic E-state index is 0.200. The van der Waals surface area contributed by atoms with Crippen molar-refractivity contribution >= 4 is 5.91 Å². The molecular formula is C21H27N3O. The zero-order valence-corrected chi connectivity index (χ0v) is 15.4. The number of amides is 1. The van der Waals surface area contributed by atoms with Crippen LogP contribution in [0.4, 0.5) is 0 Å². The number of benzene rings is 1. The molecule has 1 saturated carbocycles. The summed E-state index contributed by atoms with van der Waals surface area (Å²) in [5, 5.41) is 0. The predicted octanol–water partition coefficient (Wildman–Crippen LogP) is 4.26. The van der Waals surface area contributed by atoms with Crippen molar-refractivity contribution in [2.24, 2.45) is 0 Å². The number of nitrogens with zero attached hydrogens (tertiary/aromatic N) is 2. The Balaban J connectivity index is 1.60. The minimum Gasteiger partial charge on any atom is -0.345 e. The molecule has 2 aliphatic rings. The number of carbonyl (C=O) groups is 1. The fourth-order valence-electron chi connectivity index (χ4n) is 4.41. The monoisotopic (exact) mass is 337 g/mol. The van der Waals surface area contributed by atoms with Crippen molar-refractivity contribution in [3.63, 3.8) is 0 Å². The van der Waals surface area contributed by atoms with Gasteiger partial charge in [-0.15, -0.1) is 0 Å². The van der Waals surface area contributed by atoms with Gasteiger partial charge in [0.15, 0.2) is 0 Å². The molecule has 0 bridgehead atoms. The fraction of sp³-hybridized carbons (Fsp3) is 0.524. The molecule has 1 aromatic carbocycles. The van der Waals surface area contributed by atoms with Gasteiger partial charge in [0.2, 0.25) is 5.91 Å². The highest BCUT2D eigenvalue weighted by Crippen LogP contribution is 2.35. The number of aromatic nitrogens is 2. The van der Waals surface area contributed by atoms with Crippen molar-refractivity contribution in [2.75, 3.05) is 6.54 Å². The number of hydrogen-bond donors (Lipinski definition) is 1.